The number of nitrogens with zero attached hydrogens (tertiary/aromatic N) is 2. The van der Waals surface area contributed by atoms with Crippen molar-refractivity contribution in [1.82, 2.24) is 15.1 Å². The number of likely N-dealkylation sites (tertiary alicyclic amines) is 1. The summed E-state index contributed by atoms with van der Waals surface area (Å²) in [4.78, 5) is 16.9. The maximum atomic E-state index is 12.1. The quantitative estimate of drug-likeness (QED) is 0.858. The molecule has 4 aliphatic rings. The Bertz CT molecular complexity index is 387. The van der Waals surface area contributed by atoms with Gasteiger partial charge in [0.25, 0.3) is 0 Å². The van der Waals surface area contributed by atoms with E-state index in [0.29, 0.717) is 17.9 Å². The molecule has 2 unspecified atom stereocenters. The van der Waals surface area contributed by atoms with Gasteiger partial charge in [0.05, 0.1) is 0 Å². The standard InChI is InChI=1S/C17H29N3O/c21-17(13-3-4-13)20-10-5-14(6-11-20)18-15-7-9-19-8-1-2-16(19)12-15/h13-16,18H,1-12H2. The number of amides is 1. The highest BCUT2D eigenvalue weighted by atomic mass is 16.2. The first kappa shape index (κ1) is 14.0. The molecule has 0 bridgehead atoms. The summed E-state index contributed by atoms with van der Waals surface area (Å²) in [6, 6.07) is 2.22. The van der Waals surface area contributed by atoms with Gasteiger partial charge in [-0.1, -0.05) is 0 Å². The smallest absolute Gasteiger partial charge is 0.225 e. The van der Waals surface area contributed by atoms with E-state index >= 15 is 0 Å². The van der Waals surface area contributed by atoms with Crippen LogP contribution < -0.4 is 5.32 Å². The Labute approximate surface area is 128 Å². The average molecular weight is 291 g/mol. The Balaban J connectivity index is 1.22. The number of hydrogen-bond donors (Lipinski definition) is 1. The summed E-state index contributed by atoms with van der Waals surface area (Å²) < 4.78 is 0. The molecule has 1 aliphatic carbocycles. The number of nitrogens with one attached hydrogen (secondary N) is 1. The first-order chi connectivity index (χ1) is 10.3. The Morgan fingerprint density at radius 3 is 2.38 bits per heavy atom. The lowest BCUT2D eigenvalue weighted by Gasteiger charge is -2.39. The third kappa shape index (κ3) is 3.11. The van der Waals surface area contributed by atoms with Crippen molar-refractivity contribution in [2.75, 3.05) is 26.2 Å². The van der Waals surface area contributed by atoms with Gasteiger partial charge in [-0.2, -0.15) is 0 Å². The molecule has 118 valence electrons. The highest BCUT2D eigenvalue weighted by Gasteiger charge is 2.36. The fourth-order valence-electron chi connectivity index (χ4n) is 4.56. The van der Waals surface area contributed by atoms with E-state index in [1.807, 2.05) is 0 Å². The molecule has 3 saturated heterocycles. The van der Waals surface area contributed by atoms with Gasteiger partial charge in [-0.25, -0.2) is 0 Å². The summed E-state index contributed by atoms with van der Waals surface area (Å²) in [6.45, 7) is 4.59. The molecule has 4 nitrogen and oxygen atoms in total. The van der Waals surface area contributed by atoms with Crippen LogP contribution in [0, 0.1) is 5.92 Å². The average Bonchev–Trinajstić information content (AvgIpc) is 3.26. The highest BCUT2D eigenvalue weighted by Crippen LogP contribution is 2.32. The first-order valence-corrected chi connectivity index (χ1v) is 9.08. The van der Waals surface area contributed by atoms with Gasteiger partial charge in [0.2, 0.25) is 5.91 Å². The van der Waals surface area contributed by atoms with E-state index in [9.17, 15) is 4.79 Å². The molecule has 0 aromatic carbocycles. The molecule has 0 spiro atoms. The molecule has 1 saturated carbocycles. The number of carbonyl (C=O) groups excluding carboxylic acids is 1. The van der Waals surface area contributed by atoms with Crippen LogP contribution in [0.5, 0.6) is 0 Å². The number of carbonyl (C=O) groups is 1. The van der Waals surface area contributed by atoms with Crippen LogP contribution in [0.4, 0.5) is 0 Å². The minimum Gasteiger partial charge on any atom is -0.342 e. The zero-order valence-corrected chi connectivity index (χ0v) is 13.1. The Morgan fingerprint density at radius 2 is 1.62 bits per heavy atom. The maximum absolute atomic E-state index is 12.1. The third-order valence-electron chi connectivity index (χ3n) is 6.03. The summed E-state index contributed by atoms with van der Waals surface area (Å²) in [5, 5.41) is 3.91. The van der Waals surface area contributed by atoms with E-state index < -0.39 is 0 Å². The van der Waals surface area contributed by atoms with Crippen molar-refractivity contribution in [2.24, 2.45) is 5.92 Å². The molecule has 1 amide bonds. The van der Waals surface area contributed by atoms with Crippen LogP contribution in [0.3, 0.4) is 0 Å². The van der Waals surface area contributed by atoms with E-state index in [4.69, 9.17) is 0 Å². The van der Waals surface area contributed by atoms with Gasteiger partial charge in [0, 0.05) is 37.1 Å². The zero-order valence-electron chi connectivity index (χ0n) is 13.1. The molecule has 4 heteroatoms. The minimum atomic E-state index is 0.390. The lowest BCUT2D eigenvalue weighted by atomic mass is 9.95. The normalized spacial score (nSPS) is 35.0. The lowest BCUT2D eigenvalue weighted by Crippen LogP contribution is -2.52. The molecule has 0 radical (unpaired) electrons. The van der Waals surface area contributed by atoms with Crippen molar-refractivity contribution in [3.63, 3.8) is 0 Å². The molecular formula is C17H29N3O. The second-order valence-corrected chi connectivity index (χ2v) is 7.59. The van der Waals surface area contributed by atoms with Crippen molar-refractivity contribution < 1.29 is 4.79 Å². The topological polar surface area (TPSA) is 35.6 Å². The van der Waals surface area contributed by atoms with Crippen molar-refractivity contribution in [3.8, 4) is 0 Å². The van der Waals surface area contributed by atoms with Gasteiger partial charge in [-0.05, 0) is 64.5 Å². The summed E-state index contributed by atoms with van der Waals surface area (Å²) in [6.07, 6.45) is 10.1. The molecule has 3 aliphatic heterocycles. The van der Waals surface area contributed by atoms with Gasteiger partial charge in [-0.3, -0.25) is 4.79 Å². The highest BCUT2D eigenvalue weighted by molar-refractivity contribution is 5.81. The minimum absolute atomic E-state index is 0.390. The van der Waals surface area contributed by atoms with Crippen molar-refractivity contribution >= 4 is 5.91 Å². The fourth-order valence-corrected chi connectivity index (χ4v) is 4.56. The van der Waals surface area contributed by atoms with Crippen LogP contribution in [0.15, 0.2) is 0 Å². The van der Waals surface area contributed by atoms with Gasteiger partial charge >= 0.3 is 0 Å². The van der Waals surface area contributed by atoms with E-state index in [-0.39, 0.29) is 0 Å². The van der Waals surface area contributed by atoms with Crippen LogP contribution in [0.2, 0.25) is 0 Å². The molecular weight excluding hydrogens is 262 g/mol. The van der Waals surface area contributed by atoms with Crippen molar-refractivity contribution in [3.05, 3.63) is 0 Å². The number of fused-ring (bicyclic) bond motifs is 1. The summed E-state index contributed by atoms with van der Waals surface area (Å²) in [5.74, 6) is 0.828. The van der Waals surface area contributed by atoms with E-state index in [2.05, 4.69) is 15.1 Å². The second-order valence-electron chi connectivity index (χ2n) is 7.59. The molecule has 4 rings (SSSR count). The van der Waals surface area contributed by atoms with Crippen LogP contribution in [-0.4, -0.2) is 60.0 Å². The monoisotopic (exact) mass is 291 g/mol. The molecule has 3 heterocycles. The third-order valence-corrected chi connectivity index (χ3v) is 6.03. The molecule has 0 aromatic rings. The van der Waals surface area contributed by atoms with E-state index in [1.54, 1.807) is 0 Å². The van der Waals surface area contributed by atoms with Crippen LogP contribution >= 0.6 is 0 Å². The van der Waals surface area contributed by atoms with E-state index in [0.717, 1.165) is 50.9 Å². The second kappa shape index (κ2) is 5.88. The molecule has 1 N–H and O–H groups in total. The van der Waals surface area contributed by atoms with Gasteiger partial charge in [0.15, 0.2) is 0 Å². The maximum Gasteiger partial charge on any atom is 0.225 e. The largest absolute Gasteiger partial charge is 0.342 e. The SMILES string of the molecule is O=C(C1CC1)N1CCC(NC2CCN3CCCC3C2)CC1. The number of rotatable bonds is 3. The number of piperidine rings is 2. The van der Waals surface area contributed by atoms with Gasteiger partial charge in [0.1, 0.15) is 0 Å². The summed E-state index contributed by atoms with van der Waals surface area (Å²) >= 11 is 0. The molecule has 4 fully saturated rings. The van der Waals surface area contributed by atoms with Crippen LogP contribution in [0.1, 0.15) is 51.4 Å². The van der Waals surface area contributed by atoms with Gasteiger partial charge < -0.3 is 15.1 Å². The van der Waals surface area contributed by atoms with Crippen LogP contribution in [-0.2, 0) is 4.79 Å². The Kier molecular flexibility index (Phi) is 3.92. The molecule has 2 atom stereocenters. The fraction of sp³-hybridized carbons (Fsp3) is 0.941. The van der Waals surface area contributed by atoms with Crippen LogP contribution in [0.25, 0.3) is 0 Å². The molecule has 0 aromatic heterocycles. The first-order valence-electron chi connectivity index (χ1n) is 9.08. The predicted molar refractivity (Wildman–Crippen MR) is 83.1 cm³/mol. The predicted octanol–water partition coefficient (Wildman–Crippen LogP) is 1.60. The Hall–Kier alpha value is -0.610. The summed E-state index contributed by atoms with van der Waals surface area (Å²) in [7, 11) is 0. The molecule has 21 heavy (non-hydrogen) atoms. The van der Waals surface area contributed by atoms with Gasteiger partial charge in [-0.15, -0.1) is 0 Å². The summed E-state index contributed by atoms with van der Waals surface area (Å²) in [5.41, 5.74) is 0. The van der Waals surface area contributed by atoms with E-state index in [1.165, 1.54) is 38.8 Å². The van der Waals surface area contributed by atoms with Crippen molar-refractivity contribution in [1.29, 1.82) is 0 Å². The zero-order chi connectivity index (χ0) is 14.2. The van der Waals surface area contributed by atoms with Crippen molar-refractivity contribution in [2.45, 2.75) is 69.5 Å². The number of hydrogen-bond acceptors (Lipinski definition) is 3. The Morgan fingerprint density at radius 1 is 0.857 bits per heavy atom. The lowest BCUT2D eigenvalue weighted by molar-refractivity contribution is -0.133.